The maximum atomic E-state index is 5.37. The first-order valence-electron chi connectivity index (χ1n) is 16.7. The van der Waals surface area contributed by atoms with Gasteiger partial charge in [-0.25, -0.2) is 9.97 Å². The summed E-state index contributed by atoms with van der Waals surface area (Å²) < 4.78 is 0. The highest BCUT2D eigenvalue weighted by Crippen LogP contribution is 2.37. The van der Waals surface area contributed by atoms with Gasteiger partial charge in [-0.1, -0.05) is 71.8 Å². The van der Waals surface area contributed by atoms with Crippen molar-refractivity contribution in [2.24, 2.45) is 0 Å². The fraction of sp³-hybridized carbons (Fsp3) is 0.0455. The zero-order chi connectivity index (χ0) is 33.6. The van der Waals surface area contributed by atoms with Gasteiger partial charge < -0.3 is 9.97 Å². The molecule has 0 fully saturated rings. The minimum absolute atomic E-state index is 0.817. The van der Waals surface area contributed by atoms with Crippen molar-refractivity contribution in [2.75, 3.05) is 0 Å². The molecule has 0 saturated carbocycles. The van der Waals surface area contributed by atoms with Crippen molar-refractivity contribution in [3.8, 4) is 44.8 Å². The van der Waals surface area contributed by atoms with Gasteiger partial charge in [0.25, 0.3) is 0 Å². The first-order chi connectivity index (χ1) is 24.6. The SMILES string of the molecule is Cc1ccc(-c2c3nc(c(-c4ccc(C)cc4)c4ccc([nH]4)c(-c4ccccn4)c4nc(c(-c5ccccn5)c5ccc2[nH]5)C=C4)C=C3)cc1. The zero-order valence-electron chi connectivity index (χ0n) is 27.6. The molecule has 2 aliphatic rings. The molecule has 2 aromatic carbocycles. The summed E-state index contributed by atoms with van der Waals surface area (Å²) in [5, 5.41) is 0. The summed E-state index contributed by atoms with van der Waals surface area (Å²) in [6.45, 7) is 4.22. The minimum atomic E-state index is 0.817. The predicted octanol–water partition coefficient (Wildman–Crippen LogP) is 10.7. The quantitative estimate of drug-likeness (QED) is 0.200. The number of fused-ring (bicyclic) bond motifs is 8. The van der Waals surface area contributed by atoms with E-state index in [2.05, 4.69) is 121 Å². The Morgan fingerprint density at radius 2 is 0.740 bits per heavy atom. The van der Waals surface area contributed by atoms with Gasteiger partial charge in [-0.3, -0.25) is 9.97 Å². The molecule has 0 amide bonds. The van der Waals surface area contributed by atoms with Crippen LogP contribution in [0.5, 0.6) is 0 Å². The van der Waals surface area contributed by atoms with Crippen LogP contribution in [0.1, 0.15) is 33.9 Å². The highest BCUT2D eigenvalue weighted by molar-refractivity contribution is 5.99. The predicted molar refractivity (Wildman–Crippen MR) is 206 cm³/mol. The van der Waals surface area contributed by atoms with E-state index in [9.17, 15) is 0 Å². The van der Waals surface area contributed by atoms with E-state index < -0.39 is 0 Å². The van der Waals surface area contributed by atoms with Crippen LogP contribution in [0.25, 0.3) is 91.1 Å². The smallest absolute Gasteiger partial charge is 0.0753 e. The summed E-state index contributed by atoms with van der Waals surface area (Å²) in [4.78, 5) is 27.8. The van der Waals surface area contributed by atoms with Gasteiger partial charge in [-0.05, 0) is 97.8 Å². The number of benzene rings is 2. The van der Waals surface area contributed by atoms with E-state index in [1.165, 1.54) is 11.1 Å². The number of rotatable bonds is 4. The normalized spacial score (nSPS) is 12.0. The molecular formula is C44H32N6. The Kier molecular flexibility index (Phi) is 7.13. The average molecular weight is 645 g/mol. The number of H-pyrrole nitrogens is 2. The van der Waals surface area contributed by atoms with Crippen LogP contribution in [0.3, 0.4) is 0 Å². The molecule has 6 nitrogen and oxygen atoms in total. The summed E-state index contributed by atoms with van der Waals surface area (Å²) in [5.41, 5.74) is 17.2. The molecule has 6 heteroatoms. The van der Waals surface area contributed by atoms with Crippen LogP contribution in [0.4, 0.5) is 0 Å². The average Bonchev–Trinajstić information content (AvgIpc) is 3.98. The Bertz CT molecular complexity index is 2450. The highest BCUT2D eigenvalue weighted by atomic mass is 14.8. The van der Waals surface area contributed by atoms with Crippen LogP contribution in [-0.2, 0) is 0 Å². The number of aryl methyl sites for hydroxylation is 2. The number of pyridine rings is 2. The summed E-state index contributed by atoms with van der Waals surface area (Å²) in [6, 6.07) is 37.7. The molecule has 238 valence electrons. The third-order valence-corrected chi connectivity index (χ3v) is 9.28. The van der Waals surface area contributed by atoms with Crippen LogP contribution in [0.2, 0.25) is 0 Å². The van der Waals surface area contributed by atoms with E-state index in [-0.39, 0.29) is 0 Å². The van der Waals surface area contributed by atoms with Crippen LogP contribution < -0.4 is 0 Å². The summed E-state index contributed by atoms with van der Waals surface area (Å²) >= 11 is 0. The van der Waals surface area contributed by atoms with E-state index in [1.54, 1.807) is 0 Å². The number of aromatic amines is 2. The second kappa shape index (κ2) is 12.1. The molecule has 2 aliphatic heterocycles. The van der Waals surface area contributed by atoms with Gasteiger partial charge in [0.2, 0.25) is 0 Å². The molecule has 0 radical (unpaired) electrons. The van der Waals surface area contributed by atoms with Gasteiger partial charge in [0.05, 0.1) is 45.2 Å². The second-order valence-corrected chi connectivity index (χ2v) is 12.7. The molecule has 0 spiro atoms. The van der Waals surface area contributed by atoms with E-state index in [1.807, 2.05) is 48.8 Å². The van der Waals surface area contributed by atoms with Crippen LogP contribution in [-0.4, -0.2) is 29.9 Å². The Hall–Kier alpha value is -6.66. The number of nitrogens with one attached hydrogen (secondary N) is 2. The molecule has 8 bridgehead atoms. The van der Waals surface area contributed by atoms with Crippen molar-refractivity contribution in [2.45, 2.75) is 13.8 Å². The first kappa shape index (κ1) is 29.5. The molecule has 7 heterocycles. The third kappa shape index (κ3) is 5.24. The Morgan fingerprint density at radius 3 is 1.10 bits per heavy atom. The zero-order valence-corrected chi connectivity index (χ0v) is 27.6. The maximum absolute atomic E-state index is 5.37. The number of hydrogen-bond donors (Lipinski definition) is 2. The number of nitrogens with zero attached hydrogens (tertiary/aromatic N) is 4. The molecule has 2 N–H and O–H groups in total. The molecular weight excluding hydrogens is 613 g/mol. The molecule has 50 heavy (non-hydrogen) atoms. The Balaban J connectivity index is 1.48. The fourth-order valence-electron chi connectivity index (χ4n) is 6.81. The van der Waals surface area contributed by atoms with Crippen LogP contribution in [0.15, 0.2) is 122 Å². The van der Waals surface area contributed by atoms with Crippen molar-refractivity contribution in [1.29, 1.82) is 0 Å². The number of hydrogen-bond acceptors (Lipinski definition) is 4. The topological polar surface area (TPSA) is 83.1 Å². The summed E-state index contributed by atoms with van der Waals surface area (Å²) in [5.74, 6) is 0. The molecule has 0 unspecified atom stereocenters. The lowest BCUT2D eigenvalue weighted by atomic mass is 10.0. The van der Waals surface area contributed by atoms with Crippen molar-refractivity contribution >= 4 is 46.4 Å². The Morgan fingerprint density at radius 1 is 0.380 bits per heavy atom. The summed E-state index contributed by atoms with van der Waals surface area (Å²) in [7, 11) is 0. The lowest BCUT2D eigenvalue weighted by Crippen LogP contribution is -1.91. The molecule has 9 rings (SSSR count). The monoisotopic (exact) mass is 644 g/mol. The molecule has 5 aromatic heterocycles. The van der Waals surface area contributed by atoms with Gasteiger partial charge in [0.1, 0.15) is 0 Å². The third-order valence-electron chi connectivity index (χ3n) is 9.28. The maximum Gasteiger partial charge on any atom is 0.0753 e. The standard InChI is InChI=1S/C44H32N6/c1-27-9-13-29(14-10-27)41-33-17-18-34(47-33)42(30-15-11-28(2)12-16-30)36-20-22-38(49-36)44(32-8-4-6-26-46-32)40-24-23-39(50-40)43(31-7-3-5-25-45-31)37-21-19-35(41)48-37/h3-26,48-49H,1-2H3. The number of aromatic nitrogens is 6. The highest BCUT2D eigenvalue weighted by Gasteiger charge is 2.19. The molecule has 0 aliphatic carbocycles. The second-order valence-electron chi connectivity index (χ2n) is 12.7. The Labute approximate surface area is 289 Å². The lowest BCUT2D eigenvalue weighted by Gasteiger charge is -2.07. The fourth-order valence-corrected chi connectivity index (χ4v) is 6.81. The van der Waals surface area contributed by atoms with Crippen LogP contribution >= 0.6 is 0 Å². The van der Waals surface area contributed by atoms with Gasteiger partial charge in [0.15, 0.2) is 0 Å². The molecule has 0 saturated heterocycles. The lowest BCUT2D eigenvalue weighted by molar-refractivity contribution is 1.26. The van der Waals surface area contributed by atoms with Crippen molar-refractivity contribution in [3.63, 3.8) is 0 Å². The van der Waals surface area contributed by atoms with E-state index in [4.69, 9.17) is 19.9 Å². The van der Waals surface area contributed by atoms with Crippen molar-refractivity contribution in [3.05, 3.63) is 155 Å². The minimum Gasteiger partial charge on any atom is -0.354 e. The summed E-state index contributed by atoms with van der Waals surface area (Å²) in [6.07, 6.45) is 12.0. The van der Waals surface area contributed by atoms with Gasteiger partial charge in [-0.2, -0.15) is 0 Å². The van der Waals surface area contributed by atoms with Gasteiger partial charge in [-0.15, -0.1) is 0 Å². The van der Waals surface area contributed by atoms with E-state index in [0.717, 1.165) is 89.6 Å². The van der Waals surface area contributed by atoms with E-state index >= 15 is 0 Å². The van der Waals surface area contributed by atoms with Crippen LogP contribution in [0, 0.1) is 13.8 Å². The van der Waals surface area contributed by atoms with E-state index in [0.29, 0.717) is 0 Å². The van der Waals surface area contributed by atoms with Crippen molar-refractivity contribution in [1.82, 2.24) is 29.9 Å². The molecule has 7 aromatic rings. The molecule has 0 atom stereocenters. The van der Waals surface area contributed by atoms with Gasteiger partial charge in [0, 0.05) is 45.7 Å². The van der Waals surface area contributed by atoms with Gasteiger partial charge >= 0.3 is 0 Å². The largest absolute Gasteiger partial charge is 0.354 e. The first-order valence-corrected chi connectivity index (χ1v) is 16.7. The van der Waals surface area contributed by atoms with Crippen molar-refractivity contribution < 1.29 is 0 Å².